The summed E-state index contributed by atoms with van der Waals surface area (Å²) in [6.07, 6.45) is 5.76. The largest absolute Gasteiger partial charge is 0.373 e. The van der Waals surface area contributed by atoms with Crippen LogP contribution in [-0.4, -0.2) is 42.1 Å². The summed E-state index contributed by atoms with van der Waals surface area (Å²) in [7, 11) is 4.06. The predicted molar refractivity (Wildman–Crippen MR) is 84.4 cm³/mol. The summed E-state index contributed by atoms with van der Waals surface area (Å²) >= 11 is 1.89. The van der Waals surface area contributed by atoms with Crippen molar-refractivity contribution >= 4 is 23.4 Å². The van der Waals surface area contributed by atoms with Gasteiger partial charge in [-0.1, -0.05) is 6.92 Å². The van der Waals surface area contributed by atoms with Crippen LogP contribution in [0.2, 0.25) is 0 Å². The minimum atomic E-state index is 0.529. The standard InChI is InChI=1S/C14H24N4S/c1-5-11(9-19-4)18(3)13-8-12(15-2)16-14(17-13)10-6-7-10/h8,10-11H,5-7,9H2,1-4H3,(H,15,16,17). The van der Waals surface area contributed by atoms with Crippen LogP contribution in [0.3, 0.4) is 0 Å². The highest BCUT2D eigenvalue weighted by molar-refractivity contribution is 7.98. The van der Waals surface area contributed by atoms with Crippen LogP contribution in [0.4, 0.5) is 11.6 Å². The van der Waals surface area contributed by atoms with Gasteiger partial charge in [-0.2, -0.15) is 11.8 Å². The lowest BCUT2D eigenvalue weighted by molar-refractivity contribution is 0.662. The van der Waals surface area contributed by atoms with Crippen LogP contribution in [0.1, 0.15) is 37.9 Å². The fourth-order valence-electron chi connectivity index (χ4n) is 2.17. The SMILES string of the molecule is CCC(CSC)N(C)c1cc(NC)nc(C2CC2)n1. The first kappa shape index (κ1) is 14.4. The molecule has 1 aliphatic rings. The molecule has 1 fully saturated rings. The van der Waals surface area contributed by atoms with Crippen molar-refractivity contribution in [2.75, 3.05) is 36.3 Å². The first-order chi connectivity index (χ1) is 9.19. The van der Waals surface area contributed by atoms with Crippen LogP contribution in [-0.2, 0) is 0 Å². The Hall–Kier alpha value is -0.970. The van der Waals surface area contributed by atoms with E-state index in [0.717, 1.165) is 29.6 Å². The summed E-state index contributed by atoms with van der Waals surface area (Å²) < 4.78 is 0. The average Bonchev–Trinajstić information content (AvgIpc) is 3.28. The molecule has 0 bridgehead atoms. The van der Waals surface area contributed by atoms with E-state index in [9.17, 15) is 0 Å². The van der Waals surface area contributed by atoms with Crippen LogP contribution < -0.4 is 10.2 Å². The highest BCUT2D eigenvalue weighted by Gasteiger charge is 2.28. The second-order valence-corrected chi connectivity index (χ2v) is 6.03. The van der Waals surface area contributed by atoms with Gasteiger partial charge in [0.15, 0.2) is 0 Å². The van der Waals surface area contributed by atoms with Crippen LogP contribution in [0.5, 0.6) is 0 Å². The van der Waals surface area contributed by atoms with E-state index in [4.69, 9.17) is 4.98 Å². The molecule has 1 aromatic rings. The molecule has 0 radical (unpaired) electrons. The summed E-state index contributed by atoms with van der Waals surface area (Å²) in [4.78, 5) is 11.6. The highest BCUT2D eigenvalue weighted by Crippen LogP contribution is 2.39. The molecule has 2 rings (SSSR count). The van der Waals surface area contributed by atoms with E-state index in [2.05, 4.69) is 41.5 Å². The van der Waals surface area contributed by atoms with Crippen molar-refractivity contribution in [3.05, 3.63) is 11.9 Å². The van der Waals surface area contributed by atoms with Gasteiger partial charge in [-0.25, -0.2) is 9.97 Å². The molecule has 0 saturated heterocycles. The molecule has 1 saturated carbocycles. The van der Waals surface area contributed by atoms with Crippen LogP contribution in [0.15, 0.2) is 6.07 Å². The van der Waals surface area contributed by atoms with Crippen molar-refractivity contribution < 1.29 is 0 Å². The molecule has 4 nitrogen and oxygen atoms in total. The van der Waals surface area contributed by atoms with Gasteiger partial charge < -0.3 is 10.2 Å². The second-order valence-electron chi connectivity index (χ2n) is 5.12. The predicted octanol–water partition coefficient (Wildman–Crippen LogP) is 2.97. The molecule has 0 aromatic carbocycles. The van der Waals surface area contributed by atoms with E-state index in [1.807, 2.05) is 18.8 Å². The van der Waals surface area contributed by atoms with Gasteiger partial charge in [0.25, 0.3) is 0 Å². The normalized spacial score (nSPS) is 16.2. The van der Waals surface area contributed by atoms with E-state index < -0.39 is 0 Å². The van der Waals surface area contributed by atoms with Crippen molar-refractivity contribution in [3.8, 4) is 0 Å². The molecule has 0 spiro atoms. The summed E-state index contributed by atoms with van der Waals surface area (Å²) in [5, 5.41) is 3.15. The first-order valence-corrected chi connectivity index (χ1v) is 8.37. The smallest absolute Gasteiger partial charge is 0.136 e. The van der Waals surface area contributed by atoms with Crippen molar-refractivity contribution in [2.45, 2.75) is 38.1 Å². The molecule has 19 heavy (non-hydrogen) atoms. The maximum absolute atomic E-state index is 4.76. The molecule has 0 aliphatic heterocycles. The number of thioether (sulfide) groups is 1. The van der Waals surface area contributed by atoms with Crippen LogP contribution >= 0.6 is 11.8 Å². The summed E-state index contributed by atoms with van der Waals surface area (Å²) in [5.74, 6) is 4.69. The maximum Gasteiger partial charge on any atom is 0.136 e. The maximum atomic E-state index is 4.76. The molecular weight excluding hydrogens is 256 g/mol. The molecule has 1 aliphatic carbocycles. The van der Waals surface area contributed by atoms with Gasteiger partial charge in [0.1, 0.15) is 17.5 Å². The zero-order valence-electron chi connectivity index (χ0n) is 12.3. The zero-order valence-corrected chi connectivity index (χ0v) is 13.1. The Labute approximate surface area is 120 Å². The molecular formula is C14H24N4S. The van der Waals surface area contributed by atoms with Gasteiger partial charge in [-0.3, -0.25) is 0 Å². The van der Waals surface area contributed by atoms with E-state index in [-0.39, 0.29) is 0 Å². The average molecular weight is 280 g/mol. The monoisotopic (exact) mass is 280 g/mol. The number of nitrogens with zero attached hydrogens (tertiary/aromatic N) is 3. The first-order valence-electron chi connectivity index (χ1n) is 6.98. The highest BCUT2D eigenvalue weighted by atomic mass is 32.2. The third-order valence-electron chi connectivity index (χ3n) is 3.67. The van der Waals surface area contributed by atoms with Crippen molar-refractivity contribution in [1.82, 2.24) is 9.97 Å². The summed E-state index contributed by atoms with van der Waals surface area (Å²) in [6, 6.07) is 2.58. The van der Waals surface area contributed by atoms with Gasteiger partial charge in [-0.05, 0) is 25.5 Å². The van der Waals surface area contributed by atoms with Crippen LogP contribution in [0, 0.1) is 0 Å². The van der Waals surface area contributed by atoms with Crippen LogP contribution in [0.25, 0.3) is 0 Å². The topological polar surface area (TPSA) is 41.0 Å². The molecule has 106 valence electrons. The van der Waals surface area contributed by atoms with Crippen molar-refractivity contribution in [3.63, 3.8) is 0 Å². The zero-order chi connectivity index (χ0) is 13.8. The molecule has 1 heterocycles. The number of nitrogens with one attached hydrogen (secondary N) is 1. The van der Waals surface area contributed by atoms with E-state index in [1.165, 1.54) is 12.8 Å². The lowest BCUT2D eigenvalue weighted by atomic mass is 10.2. The third kappa shape index (κ3) is 3.53. The summed E-state index contributed by atoms with van der Waals surface area (Å²) in [5.41, 5.74) is 0. The molecule has 1 aromatic heterocycles. The number of rotatable bonds is 7. The minimum absolute atomic E-state index is 0.529. The Bertz CT molecular complexity index is 420. The van der Waals surface area contributed by atoms with E-state index in [0.29, 0.717) is 12.0 Å². The van der Waals surface area contributed by atoms with Gasteiger partial charge in [0.05, 0.1) is 0 Å². The molecule has 0 amide bonds. The number of aromatic nitrogens is 2. The van der Waals surface area contributed by atoms with Gasteiger partial charge >= 0.3 is 0 Å². The molecule has 5 heteroatoms. The number of hydrogen-bond acceptors (Lipinski definition) is 5. The molecule has 1 unspecified atom stereocenters. The van der Waals surface area contributed by atoms with Crippen molar-refractivity contribution in [2.24, 2.45) is 0 Å². The number of hydrogen-bond donors (Lipinski definition) is 1. The Balaban J connectivity index is 2.23. The fraction of sp³-hybridized carbons (Fsp3) is 0.714. The van der Waals surface area contributed by atoms with Gasteiger partial charge in [0.2, 0.25) is 0 Å². The Morgan fingerprint density at radius 3 is 2.74 bits per heavy atom. The second kappa shape index (κ2) is 6.46. The van der Waals surface area contributed by atoms with Gasteiger partial charge in [0, 0.05) is 37.9 Å². The Morgan fingerprint density at radius 1 is 1.47 bits per heavy atom. The van der Waals surface area contributed by atoms with E-state index in [1.54, 1.807) is 0 Å². The fourth-order valence-corrected chi connectivity index (χ4v) is 3.01. The Kier molecular flexibility index (Phi) is 4.91. The lowest BCUT2D eigenvalue weighted by Crippen LogP contribution is -2.34. The van der Waals surface area contributed by atoms with Gasteiger partial charge in [-0.15, -0.1) is 0 Å². The quantitative estimate of drug-likeness (QED) is 0.831. The third-order valence-corrected chi connectivity index (χ3v) is 4.39. The Morgan fingerprint density at radius 2 is 2.21 bits per heavy atom. The minimum Gasteiger partial charge on any atom is -0.373 e. The lowest BCUT2D eigenvalue weighted by Gasteiger charge is -2.28. The van der Waals surface area contributed by atoms with E-state index >= 15 is 0 Å². The van der Waals surface area contributed by atoms with Crippen molar-refractivity contribution in [1.29, 1.82) is 0 Å². The molecule has 1 atom stereocenters. The molecule has 1 N–H and O–H groups in total. The summed E-state index contributed by atoms with van der Waals surface area (Å²) in [6.45, 7) is 2.24. The number of anilines is 2.